The number of hydrogen-bond acceptors (Lipinski definition) is 5. The maximum absolute atomic E-state index is 11.6. The van der Waals surface area contributed by atoms with Gasteiger partial charge in [-0.1, -0.05) is 29.5 Å². The van der Waals surface area contributed by atoms with Gasteiger partial charge in [-0.05, 0) is 24.6 Å². The zero-order chi connectivity index (χ0) is 15.9. The number of ether oxygens (including phenoxy) is 1. The number of aryl methyl sites for hydroxylation is 1. The number of aliphatic imine (C=N–C) groups is 1. The molecule has 114 valence electrons. The van der Waals surface area contributed by atoms with E-state index in [1.807, 2.05) is 31.2 Å². The summed E-state index contributed by atoms with van der Waals surface area (Å²) < 4.78 is 5.49. The third kappa shape index (κ3) is 4.31. The highest BCUT2D eigenvalue weighted by atomic mass is 16.6. The molecule has 0 heterocycles. The van der Waals surface area contributed by atoms with Crippen molar-refractivity contribution in [3.05, 3.63) is 63.7 Å². The van der Waals surface area contributed by atoms with E-state index in [0.717, 1.165) is 11.3 Å². The van der Waals surface area contributed by atoms with Gasteiger partial charge in [-0.2, -0.15) is 0 Å². The molecule has 0 saturated carbocycles. The van der Waals surface area contributed by atoms with Crippen molar-refractivity contribution in [3.8, 4) is 11.5 Å². The Morgan fingerprint density at radius 2 is 1.95 bits per heavy atom. The summed E-state index contributed by atoms with van der Waals surface area (Å²) >= 11 is 0. The Morgan fingerprint density at radius 3 is 2.64 bits per heavy atom. The molecule has 0 unspecified atom stereocenters. The molecule has 0 aliphatic heterocycles. The Morgan fingerprint density at radius 1 is 1.23 bits per heavy atom. The lowest BCUT2D eigenvalue weighted by atomic mass is 10.2. The normalized spacial score (nSPS) is 10.8. The molecule has 0 aliphatic rings. The maximum Gasteiger partial charge on any atom is 0.270 e. The first-order valence-electron chi connectivity index (χ1n) is 6.71. The van der Waals surface area contributed by atoms with Crippen LogP contribution in [-0.4, -0.2) is 24.3 Å². The second kappa shape index (κ2) is 7.21. The molecule has 22 heavy (non-hydrogen) atoms. The van der Waals surface area contributed by atoms with Gasteiger partial charge in [-0.3, -0.25) is 15.1 Å². The van der Waals surface area contributed by atoms with Gasteiger partial charge in [0.05, 0.1) is 11.5 Å². The van der Waals surface area contributed by atoms with Crippen LogP contribution in [0.1, 0.15) is 11.1 Å². The van der Waals surface area contributed by atoms with Crippen molar-refractivity contribution < 1.29 is 14.8 Å². The van der Waals surface area contributed by atoms with Crippen LogP contribution < -0.4 is 9.84 Å². The molecule has 6 heteroatoms. The van der Waals surface area contributed by atoms with Gasteiger partial charge < -0.3 is 9.84 Å². The van der Waals surface area contributed by atoms with Gasteiger partial charge in [0.1, 0.15) is 12.4 Å². The average Bonchev–Trinajstić information content (AvgIpc) is 2.50. The number of nitrogens with zero attached hydrogens (tertiary/aromatic N) is 2. The van der Waals surface area contributed by atoms with Crippen LogP contribution in [-0.2, 0) is 0 Å². The molecule has 2 aromatic rings. The van der Waals surface area contributed by atoms with Gasteiger partial charge in [0.25, 0.3) is 5.69 Å². The average molecular weight is 299 g/mol. The van der Waals surface area contributed by atoms with Crippen LogP contribution in [0.2, 0.25) is 0 Å². The quantitative estimate of drug-likeness (QED) is 0.355. The largest absolute Gasteiger partial charge is 0.872 e. The van der Waals surface area contributed by atoms with Crippen molar-refractivity contribution >= 4 is 11.9 Å². The minimum Gasteiger partial charge on any atom is -0.872 e. The zero-order valence-corrected chi connectivity index (χ0v) is 12.1. The van der Waals surface area contributed by atoms with Crippen molar-refractivity contribution in [3.63, 3.8) is 0 Å². The molecule has 0 radical (unpaired) electrons. The van der Waals surface area contributed by atoms with Gasteiger partial charge in [0.15, 0.2) is 0 Å². The van der Waals surface area contributed by atoms with E-state index < -0.39 is 4.92 Å². The fourth-order valence-electron chi connectivity index (χ4n) is 1.76. The molecule has 0 spiro atoms. The molecule has 2 aromatic carbocycles. The molecule has 2 rings (SSSR count). The van der Waals surface area contributed by atoms with Crippen LogP contribution in [0.15, 0.2) is 47.5 Å². The van der Waals surface area contributed by atoms with Crippen molar-refractivity contribution in [2.75, 3.05) is 13.2 Å². The molecule has 6 nitrogen and oxygen atoms in total. The maximum atomic E-state index is 11.6. The van der Waals surface area contributed by atoms with E-state index in [1.54, 1.807) is 0 Å². The molecule has 0 saturated heterocycles. The Labute approximate surface area is 127 Å². The fourth-order valence-corrected chi connectivity index (χ4v) is 1.76. The monoisotopic (exact) mass is 299 g/mol. The van der Waals surface area contributed by atoms with Crippen LogP contribution in [0.25, 0.3) is 0 Å². The molecule has 0 N–H and O–H groups in total. The zero-order valence-electron chi connectivity index (χ0n) is 12.1. The van der Waals surface area contributed by atoms with Crippen LogP contribution in [0.5, 0.6) is 11.5 Å². The standard InChI is InChI=1S/C16H16N2O4/c1-12-2-5-15(6-3-12)22-9-8-17-11-13-10-14(18(20)21)4-7-16(13)19/h2-7,10-11,19H,8-9H2,1H3/p-1. The third-order valence-corrected chi connectivity index (χ3v) is 2.94. The van der Waals surface area contributed by atoms with Gasteiger partial charge in [-0.15, -0.1) is 0 Å². The second-order valence-corrected chi connectivity index (χ2v) is 4.68. The first-order valence-corrected chi connectivity index (χ1v) is 6.71. The summed E-state index contributed by atoms with van der Waals surface area (Å²) in [7, 11) is 0. The number of benzene rings is 2. The molecule has 0 fully saturated rings. The van der Waals surface area contributed by atoms with E-state index in [2.05, 4.69) is 4.99 Å². The summed E-state index contributed by atoms with van der Waals surface area (Å²) in [5.74, 6) is 0.453. The van der Waals surface area contributed by atoms with Gasteiger partial charge in [0, 0.05) is 18.3 Å². The summed E-state index contributed by atoms with van der Waals surface area (Å²) in [6.07, 6.45) is 1.34. The number of nitro groups is 1. The Bertz CT molecular complexity index is 681. The van der Waals surface area contributed by atoms with Crippen LogP contribution in [0, 0.1) is 17.0 Å². The number of rotatable bonds is 6. The Hall–Kier alpha value is -2.89. The first kappa shape index (κ1) is 15.5. The lowest BCUT2D eigenvalue weighted by molar-refractivity contribution is -0.385. The highest BCUT2D eigenvalue weighted by molar-refractivity contribution is 5.84. The number of hydrogen-bond donors (Lipinski definition) is 0. The molecule has 0 atom stereocenters. The minimum atomic E-state index is -0.544. The summed E-state index contributed by atoms with van der Waals surface area (Å²) in [5, 5.41) is 22.2. The van der Waals surface area contributed by atoms with E-state index in [4.69, 9.17) is 4.74 Å². The van der Waals surface area contributed by atoms with E-state index in [1.165, 1.54) is 24.4 Å². The summed E-state index contributed by atoms with van der Waals surface area (Å²) in [6, 6.07) is 11.2. The lowest BCUT2D eigenvalue weighted by Gasteiger charge is -2.08. The highest BCUT2D eigenvalue weighted by Gasteiger charge is 2.05. The fraction of sp³-hybridized carbons (Fsp3) is 0.188. The van der Waals surface area contributed by atoms with E-state index in [-0.39, 0.29) is 17.0 Å². The third-order valence-electron chi connectivity index (χ3n) is 2.94. The smallest absolute Gasteiger partial charge is 0.270 e. The number of non-ortho nitro benzene ring substituents is 1. The molecular weight excluding hydrogens is 284 g/mol. The summed E-state index contributed by atoms with van der Waals surface area (Å²) in [6.45, 7) is 2.71. The molecule has 0 aromatic heterocycles. The lowest BCUT2D eigenvalue weighted by Crippen LogP contribution is -2.02. The SMILES string of the molecule is Cc1ccc(OCCN=Cc2cc([N+](=O)[O-])ccc2[O-])cc1. The summed E-state index contributed by atoms with van der Waals surface area (Å²) in [4.78, 5) is 14.2. The molecule has 0 bridgehead atoms. The second-order valence-electron chi connectivity index (χ2n) is 4.68. The van der Waals surface area contributed by atoms with Crippen molar-refractivity contribution in [2.45, 2.75) is 6.92 Å². The van der Waals surface area contributed by atoms with Crippen molar-refractivity contribution in [1.29, 1.82) is 0 Å². The molecular formula is C16H15N2O4-. The highest BCUT2D eigenvalue weighted by Crippen LogP contribution is 2.19. The first-order chi connectivity index (χ1) is 10.6. The van der Waals surface area contributed by atoms with Crippen molar-refractivity contribution in [2.24, 2.45) is 4.99 Å². The van der Waals surface area contributed by atoms with E-state index in [9.17, 15) is 15.2 Å². The topological polar surface area (TPSA) is 87.8 Å². The van der Waals surface area contributed by atoms with Crippen LogP contribution in [0.4, 0.5) is 5.69 Å². The predicted octanol–water partition coefficient (Wildman–Crippen LogP) is 2.47. The Kier molecular flexibility index (Phi) is 5.08. The van der Waals surface area contributed by atoms with Crippen LogP contribution >= 0.6 is 0 Å². The van der Waals surface area contributed by atoms with Gasteiger partial charge in [-0.25, -0.2) is 0 Å². The predicted molar refractivity (Wildman–Crippen MR) is 81.7 cm³/mol. The molecule has 0 amide bonds. The van der Waals surface area contributed by atoms with Gasteiger partial charge >= 0.3 is 0 Å². The van der Waals surface area contributed by atoms with Gasteiger partial charge in [0.2, 0.25) is 0 Å². The summed E-state index contributed by atoms with van der Waals surface area (Å²) in [5.41, 5.74) is 1.22. The van der Waals surface area contributed by atoms with E-state index >= 15 is 0 Å². The molecule has 0 aliphatic carbocycles. The Balaban J connectivity index is 1.88. The van der Waals surface area contributed by atoms with Crippen LogP contribution in [0.3, 0.4) is 0 Å². The van der Waals surface area contributed by atoms with Crippen molar-refractivity contribution in [1.82, 2.24) is 0 Å². The minimum absolute atomic E-state index is 0.128. The number of nitro benzene ring substituents is 1. The van der Waals surface area contributed by atoms with E-state index in [0.29, 0.717) is 13.2 Å².